The van der Waals surface area contributed by atoms with Crippen LogP contribution >= 0.6 is 11.8 Å². The minimum absolute atomic E-state index is 0.0547. The van der Waals surface area contributed by atoms with Crippen molar-refractivity contribution in [2.45, 2.75) is 5.16 Å². The lowest BCUT2D eigenvalue weighted by Crippen LogP contribution is -2.15. The van der Waals surface area contributed by atoms with Crippen LogP contribution in [0.15, 0.2) is 75.0 Å². The topological polar surface area (TPSA) is 118 Å². The van der Waals surface area contributed by atoms with Crippen LogP contribution in [0, 0.1) is 11.3 Å². The summed E-state index contributed by atoms with van der Waals surface area (Å²) in [5.41, 5.74) is 1.77. The molecule has 0 saturated carbocycles. The summed E-state index contributed by atoms with van der Waals surface area (Å²) in [6.45, 7) is 0. The third-order valence-electron chi connectivity index (χ3n) is 3.83. The van der Waals surface area contributed by atoms with Crippen molar-refractivity contribution in [1.29, 1.82) is 5.26 Å². The highest BCUT2D eigenvalue weighted by molar-refractivity contribution is 7.99. The van der Waals surface area contributed by atoms with Crippen molar-refractivity contribution < 1.29 is 13.6 Å². The largest absolute Gasteiger partial charge is 0.463 e. The highest BCUT2D eigenvalue weighted by Crippen LogP contribution is 2.30. The van der Waals surface area contributed by atoms with Crippen LogP contribution < -0.4 is 5.32 Å². The molecule has 0 radical (unpaired) electrons. The summed E-state index contributed by atoms with van der Waals surface area (Å²) in [7, 11) is 0. The molecule has 1 amide bonds. The van der Waals surface area contributed by atoms with Crippen molar-refractivity contribution in [3.63, 3.8) is 0 Å². The van der Waals surface area contributed by atoms with E-state index in [1.807, 2.05) is 6.07 Å². The number of aromatic nitrogens is 3. The molecule has 4 aromatic rings. The number of carbonyl (C=O) groups is 1. The molecule has 0 aliphatic rings. The third kappa shape index (κ3) is 4.17. The first-order chi connectivity index (χ1) is 14.2. The van der Waals surface area contributed by atoms with Gasteiger partial charge in [0, 0.05) is 0 Å². The smallest absolute Gasteiger partial charge is 0.234 e. The Morgan fingerprint density at radius 3 is 2.41 bits per heavy atom. The lowest BCUT2D eigenvalue weighted by atomic mass is 10.2. The van der Waals surface area contributed by atoms with Gasteiger partial charge in [-0.3, -0.25) is 4.79 Å². The van der Waals surface area contributed by atoms with Gasteiger partial charge in [-0.1, -0.05) is 23.9 Å². The first-order valence-corrected chi connectivity index (χ1v) is 9.47. The summed E-state index contributed by atoms with van der Waals surface area (Å²) in [4.78, 5) is 16.8. The second kappa shape index (κ2) is 8.41. The van der Waals surface area contributed by atoms with Crippen molar-refractivity contribution in [3.8, 4) is 29.0 Å². The van der Waals surface area contributed by atoms with Gasteiger partial charge in [0.25, 0.3) is 0 Å². The number of furan rings is 2. The summed E-state index contributed by atoms with van der Waals surface area (Å²) < 4.78 is 10.9. The molecular weight excluding hydrogens is 390 g/mol. The fourth-order valence-electron chi connectivity index (χ4n) is 2.54. The SMILES string of the molecule is N#Cc1ccccc1NC(=O)CSc1nnc(-c2ccco2)c(-c2ccco2)n1. The van der Waals surface area contributed by atoms with Crippen molar-refractivity contribution in [1.82, 2.24) is 15.2 Å². The third-order valence-corrected chi connectivity index (χ3v) is 4.67. The molecule has 9 heteroatoms. The van der Waals surface area contributed by atoms with Crippen LogP contribution in [0.4, 0.5) is 5.69 Å². The van der Waals surface area contributed by atoms with E-state index in [-0.39, 0.29) is 11.7 Å². The molecule has 0 atom stereocenters. The number of amides is 1. The lowest BCUT2D eigenvalue weighted by Gasteiger charge is -2.07. The van der Waals surface area contributed by atoms with Crippen LogP contribution in [0.2, 0.25) is 0 Å². The van der Waals surface area contributed by atoms with Gasteiger partial charge in [-0.25, -0.2) is 4.98 Å². The molecule has 1 N–H and O–H groups in total. The quantitative estimate of drug-likeness (QED) is 0.480. The Labute approximate surface area is 169 Å². The molecule has 3 aromatic heterocycles. The first kappa shape index (κ1) is 18.5. The Morgan fingerprint density at radius 1 is 1.00 bits per heavy atom. The van der Waals surface area contributed by atoms with Crippen LogP contribution in [0.1, 0.15) is 5.56 Å². The predicted octanol–water partition coefficient (Wildman–Crippen LogP) is 3.99. The van der Waals surface area contributed by atoms with Crippen LogP contribution in [0.3, 0.4) is 0 Å². The zero-order chi connectivity index (χ0) is 20.1. The monoisotopic (exact) mass is 403 g/mol. The van der Waals surface area contributed by atoms with E-state index in [0.29, 0.717) is 39.3 Å². The van der Waals surface area contributed by atoms with Crippen LogP contribution in [0.5, 0.6) is 0 Å². The molecule has 0 unspecified atom stereocenters. The number of hydrogen-bond acceptors (Lipinski definition) is 8. The Kier molecular flexibility index (Phi) is 5.36. The fourth-order valence-corrected chi connectivity index (χ4v) is 3.13. The summed E-state index contributed by atoms with van der Waals surface area (Å²) in [5, 5.41) is 20.4. The Morgan fingerprint density at radius 2 is 1.72 bits per heavy atom. The maximum Gasteiger partial charge on any atom is 0.234 e. The fraction of sp³-hybridized carbons (Fsp3) is 0.0500. The second-order valence-electron chi connectivity index (χ2n) is 5.74. The van der Waals surface area contributed by atoms with Gasteiger partial charge in [-0.15, -0.1) is 10.2 Å². The number of hydrogen-bond donors (Lipinski definition) is 1. The molecule has 0 bridgehead atoms. The van der Waals surface area contributed by atoms with Crippen LogP contribution in [-0.2, 0) is 4.79 Å². The maximum atomic E-state index is 12.3. The van der Waals surface area contributed by atoms with Gasteiger partial charge in [-0.2, -0.15) is 5.26 Å². The van der Waals surface area contributed by atoms with Gasteiger partial charge in [0.15, 0.2) is 17.2 Å². The zero-order valence-corrected chi connectivity index (χ0v) is 15.7. The summed E-state index contributed by atoms with van der Waals surface area (Å²) in [5.74, 6) is 0.800. The van der Waals surface area contributed by atoms with Crippen molar-refractivity contribution in [2.75, 3.05) is 11.1 Å². The molecule has 0 aliphatic heterocycles. The highest BCUT2D eigenvalue weighted by Gasteiger charge is 2.18. The van der Waals surface area contributed by atoms with Crippen LogP contribution in [-0.4, -0.2) is 26.8 Å². The average molecular weight is 403 g/mol. The molecule has 4 rings (SSSR count). The number of nitrogens with zero attached hydrogens (tertiary/aromatic N) is 4. The minimum Gasteiger partial charge on any atom is -0.463 e. The number of anilines is 1. The van der Waals surface area contributed by atoms with Crippen molar-refractivity contribution in [2.24, 2.45) is 0 Å². The number of nitriles is 1. The maximum absolute atomic E-state index is 12.3. The molecule has 142 valence electrons. The van der Waals surface area contributed by atoms with E-state index in [4.69, 9.17) is 14.1 Å². The van der Waals surface area contributed by atoms with E-state index in [9.17, 15) is 4.79 Å². The van der Waals surface area contributed by atoms with Gasteiger partial charge < -0.3 is 14.2 Å². The number of carbonyl (C=O) groups excluding carboxylic acids is 1. The van der Waals surface area contributed by atoms with Gasteiger partial charge in [0.05, 0.1) is 29.5 Å². The van der Waals surface area contributed by atoms with E-state index >= 15 is 0 Å². The van der Waals surface area contributed by atoms with Crippen molar-refractivity contribution >= 4 is 23.4 Å². The van der Waals surface area contributed by atoms with E-state index in [1.165, 1.54) is 12.5 Å². The summed E-state index contributed by atoms with van der Waals surface area (Å²) >= 11 is 1.13. The van der Waals surface area contributed by atoms with Gasteiger partial charge in [-0.05, 0) is 36.4 Å². The standard InChI is InChI=1S/C20H13N5O3S/c21-11-13-5-1-2-6-14(13)22-17(26)12-29-20-23-18(15-7-3-9-27-15)19(24-25-20)16-8-4-10-28-16/h1-10H,12H2,(H,22,26). The number of para-hydroxylation sites is 1. The predicted molar refractivity (Wildman–Crippen MR) is 106 cm³/mol. The number of thioether (sulfide) groups is 1. The second-order valence-corrected chi connectivity index (χ2v) is 6.68. The number of nitrogens with one attached hydrogen (secondary N) is 1. The van der Waals surface area contributed by atoms with E-state index in [2.05, 4.69) is 20.5 Å². The molecule has 1 aromatic carbocycles. The molecule has 0 saturated heterocycles. The molecule has 29 heavy (non-hydrogen) atoms. The molecular formula is C20H13N5O3S. The minimum atomic E-state index is -0.282. The number of rotatable bonds is 6. The molecule has 0 fully saturated rings. The summed E-state index contributed by atoms with van der Waals surface area (Å²) in [6.07, 6.45) is 3.07. The average Bonchev–Trinajstić information content (AvgIpc) is 3.46. The van der Waals surface area contributed by atoms with Crippen molar-refractivity contribution in [3.05, 3.63) is 66.6 Å². The molecule has 8 nitrogen and oxygen atoms in total. The first-order valence-electron chi connectivity index (χ1n) is 8.49. The van der Waals surface area contributed by atoms with E-state index in [0.717, 1.165) is 11.8 Å². The number of benzene rings is 1. The summed E-state index contributed by atoms with van der Waals surface area (Å²) in [6, 6.07) is 15.8. The van der Waals surface area contributed by atoms with E-state index < -0.39 is 0 Å². The highest BCUT2D eigenvalue weighted by atomic mass is 32.2. The van der Waals surface area contributed by atoms with E-state index in [1.54, 1.807) is 48.5 Å². The Balaban J connectivity index is 1.52. The van der Waals surface area contributed by atoms with Crippen LogP contribution in [0.25, 0.3) is 22.9 Å². The Bertz CT molecular complexity index is 1170. The normalized spacial score (nSPS) is 10.4. The van der Waals surface area contributed by atoms with Gasteiger partial charge in [0.2, 0.25) is 11.1 Å². The molecule has 0 spiro atoms. The zero-order valence-electron chi connectivity index (χ0n) is 14.9. The Hall–Kier alpha value is -3.90. The molecule has 3 heterocycles. The molecule has 0 aliphatic carbocycles. The van der Waals surface area contributed by atoms with Gasteiger partial charge >= 0.3 is 0 Å². The lowest BCUT2D eigenvalue weighted by molar-refractivity contribution is -0.113. The van der Waals surface area contributed by atoms with Gasteiger partial charge in [0.1, 0.15) is 11.8 Å².